The lowest BCUT2D eigenvalue weighted by atomic mass is 10.1. The van der Waals surface area contributed by atoms with Crippen LogP contribution in [0.5, 0.6) is 5.75 Å². The molecule has 0 aliphatic carbocycles. The van der Waals surface area contributed by atoms with E-state index in [2.05, 4.69) is 24.2 Å². The van der Waals surface area contributed by atoms with Crippen LogP contribution in [0.3, 0.4) is 0 Å². The van der Waals surface area contributed by atoms with E-state index in [1.807, 2.05) is 0 Å². The number of rotatable bonds is 2. The van der Waals surface area contributed by atoms with E-state index < -0.39 is 0 Å². The molecule has 0 bridgehead atoms. The van der Waals surface area contributed by atoms with Gasteiger partial charge in [0.1, 0.15) is 11.6 Å². The van der Waals surface area contributed by atoms with Gasteiger partial charge in [0.25, 0.3) is 0 Å². The summed E-state index contributed by atoms with van der Waals surface area (Å²) in [4.78, 5) is 4.52. The van der Waals surface area contributed by atoms with Crippen molar-refractivity contribution < 1.29 is 9.13 Å². The van der Waals surface area contributed by atoms with Crippen LogP contribution in [0.4, 0.5) is 10.1 Å². The Morgan fingerprint density at radius 1 is 1.44 bits per heavy atom. The zero-order chi connectivity index (χ0) is 13.1. The summed E-state index contributed by atoms with van der Waals surface area (Å²) in [6.45, 7) is 4.25. The molecule has 0 spiro atoms. The predicted octanol–water partition coefficient (Wildman–Crippen LogP) is 3.37. The number of hydrogen-bond acceptors (Lipinski definition) is 4. The number of ether oxygens (including phenoxy) is 1. The fourth-order valence-electron chi connectivity index (χ4n) is 1.61. The van der Waals surface area contributed by atoms with Crippen LogP contribution in [0.1, 0.15) is 13.8 Å². The Balaban J connectivity index is 2.16. The summed E-state index contributed by atoms with van der Waals surface area (Å²) in [5, 5.41) is 3.80. The molecule has 2 atom stereocenters. The Morgan fingerprint density at radius 3 is 2.89 bits per heavy atom. The average molecular weight is 268 g/mol. The van der Waals surface area contributed by atoms with Crippen LogP contribution in [-0.4, -0.2) is 24.1 Å². The van der Waals surface area contributed by atoms with E-state index in [9.17, 15) is 4.39 Å². The van der Waals surface area contributed by atoms with Crippen molar-refractivity contribution >= 4 is 22.6 Å². The van der Waals surface area contributed by atoms with Crippen LogP contribution >= 0.6 is 11.8 Å². The second kappa shape index (κ2) is 5.61. The van der Waals surface area contributed by atoms with E-state index >= 15 is 0 Å². The zero-order valence-corrected chi connectivity index (χ0v) is 11.6. The molecule has 5 heteroatoms. The molecule has 0 radical (unpaired) electrons. The van der Waals surface area contributed by atoms with Crippen LogP contribution < -0.4 is 10.1 Å². The molecule has 1 heterocycles. The van der Waals surface area contributed by atoms with E-state index in [0.29, 0.717) is 17.4 Å². The van der Waals surface area contributed by atoms with Gasteiger partial charge in [-0.2, -0.15) is 0 Å². The van der Waals surface area contributed by atoms with E-state index in [1.165, 1.54) is 6.07 Å². The number of nitrogens with zero attached hydrogens (tertiary/aromatic N) is 1. The number of anilines is 1. The fraction of sp³-hybridized carbons (Fsp3) is 0.462. The topological polar surface area (TPSA) is 33.6 Å². The number of amidine groups is 1. The third-order valence-electron chi connectivity index (χ3n) is 3.04. The minimum atomic E-state index is -0.301. The first kappa shape index (κ1) is 13.2. The van der Waals surface area contributed by atoms with Gasteiger partial charge in [0, 0.05) is 11.8 Å². The molecule has 1 N–H and O–H groups in total. The van der Waals surface area contributed by atoms with Crippen molar-refractivity contribution in [2.24, 2.45) is 10.9 Å². The largest absolute Gasteiger partial charge is 0.497 e. The van der Waals surface area contributed by atoms with Gasteiger partial charge in [-0.1, -0.05) is 18.7 Å². The summed E-state index contributed by atoms with van der Waals surface area (Å²) >= 11 is 1.62. The highest BCUT2D eigenvalue weighted by Crippen LogP contribution is 2.26. The summed E-state index contributed by atoms with van der Waals surface area (Å²) in [6.07, 6.45) is 0. The molecule has 0 aromatic heterocycles. The molecule has 0 amide bonds. The number of hydrogen-bond donors (Lipinski definition) is 1. The van der Waals surface area contributed by atoms with Crippen molar-refractivity contribution in [3.8, 4) is 5.75 Å². The Morgan fingerprint density at radius 2 is 2.22 bits per heavy atom. The lowest BCUT2D eigenvalue weighted by Gasteiger charge is -2.23. The molecule has 2 unspecified atom stereocenters. The zero-order valence-electron chi connectivity index (χ0n) is 10.7. The molecule has 98 valence electrons. The molecule has 0 saturated carbocycles. The normalized spacial score (nSPS) is 23.4. The maximum Gasteiger partial charge on any atom is 0.161 e. The molecular formula is C13H17FN2OS. The fourth-order valence-corrected chi connectivity index (χ4v) is 2.73. The van der Waals surface area contributed by atoms with Crippen molar-refractivity contribution in [3.05, 3.63) is 24.0 Å². The summed E-state index contributed by atoms with van der Waals surface area (Å²) in [7, 11) is 1.56. The summed E-state index contributed by atoms with van der Waals surface area (Å²) in [5.41, 5.74) is 0.405. The average Bonchev–Trinajstić information content (AvgIpc) is 2.36. The molecule has 0 fully saturated rings. The highest BCUT2D eigenvalue weighted by atomic mass is 32.2. The Labute approximate surface area is 111 Å². The third-order valence-corrected chi connectivity index (χ3v) is 4.22. The number of methoxy groups -OCH3 is 1. The number of thioether (sulfide) groups is 1. The van der Waals surface area contributed by atoms with Crippen molar-refractivity contribution in [3.63, 3.8) is 0 Å². The first-order valence-corrected chi connectivity index (χ1v) is 6.90. The van der Waals surface area contributed by atoms with E-state index in [4.69, 9.17) is 4.74 Å². The Hall–Kier alpha value is -1.23. The van der Waals surface area contributed by atoms with E-state index in [-0.39, 0.29) is 11.9 Å². The second-order valence-electron chi connectivity index (χ2n) is 4.43. The third kappa shape index (κ3) is 2.96. The first-order valence-electron chi connectivity index (χ1n) is 5.91. The van der Waals surface area contributed by atoms with Gasteiger partial charge in [0.2, 0.25) is 0 Å². The summed E-state index contributed by atoms with van der Waals surface area (Å²) < 4.78 is 18.7. The molecular weight excluding hydrogens is 251 g/mol. The lowest BCUT2D eigenvalue weighted by molar-refractivity contribution is 0.414. The van der Waals surface area contributed by atoms with E-state index in [0.717, 1.165) is 10.9 Å². The molecule has 18 heavy (non-hydrogen) atoms. The quantitative estimate of drug-likeness (QED) is 0.892. The van der Waals surface area contributed by atoms with Crippen LogP contribution in [0.2, 0.25) is 0 Å². The molecule has 1 aromatic carbocycles. The van der Waals surface area contributed by atoms with Gasteiger partial charge >= 0.3 is 0 Å². The Bertz CT molecular complexity index is 464. The maximum atomic E-state index is 13.7. The molecule has 1 aliphatic heterocycles. The first-order chi connectivity index (χ1) is 8.60. The van der Waals surface area contributed by atoms with Crippen LogP contribution in [0, 0.1) is 11.7 Å². The van der Waals surface area contributed by atoms with Crippen molar-refractivity contribution in [1.29, 1.82) is 0 Å². The second-order valence-corrected chi connectivity index (χ2v) is 5.44. The molecule has 1 aromatic rings. The standard InChI is InChI=1S/C13H17FN2OS/c1-8-7-18-13(15-9(8)2)16-12-6-10(17-3)4-5-11(12)14/h4-6,8-9H,7H2,1-3H3,(H,15,16). The molecule has 1 aliphatic rings. The van der Waals surface area contributed by atoms with Crippen LogP contribution in [0.15, 0.2) is 23.2 Å². The monoisotopic (exact) mass is 268 g/mol. The molecule has 0 saturated heterocycles. The van der Waals surface area contributed by atoms with Crippen LogP contribution in [-0.2, 0) is 0 Å². The van der Waals surface area contributed by atoms with E-state index in [1.54, 1.807) is 31.0 Å². The highest BCUT2D eigenvalue weighted by Gasteiger charge is 2.19. The SMILES string of the molecule is COc1ccc(F)c(NC2=NC(C)C(C)CS2)c1. The highest BCUT2D eigenvalue weighted by molar-refractivity contribution is 8.14. The molecule has 3 nitrogen and oxygen atoms in total. The number of halogens is 1. The predicted molar refractivity (Wildman–Crippen MR) is 75.1 cm³/mol. The minimum Gasteiger partial charge on any atom is -0.497 e. The van der Waals surface area contributed by atoms with Gasteiger partial charge < -0.3 is 10.1 Å². The van der Waals surface area contributed by atoms with Crippen molar-refractivity contribution in [2.45, 2.75) is 19.9 Å². The van der Waals surface area contributed by atoms with Gasteiger partial charge in [0.05, 0.1) is 18.8 Å². The number of nitrogens with one attached hydrogen (secondary N) is 1. The Kier molecular flexibility index (Phi) is 4.11. The number of benzene rings is 1. The number of aliphatic imine (C=N–C) groups is 1. The minimum absolute atomic E-state index is 0.266. The van der Waals surface area contributed by atoms with Gasteiger partial charge in [-0.05, 0) is 25.0 Å². The molecule has 2 rings (SSSR count). The summed E-state index contributed by atoms with van der Waals surface area (Å²) in [5.74, 6) is 1.88. The van der Waals surface area contributed by atoms with Gasteiger partial charge in [0.15, 0.2) is 5.17 Å². The van der Waals surface area contributed by atoms with Crippen molar-refractivity contribution in [1.82, 2.24) is 0 Å². The maximum absolute atomic E-state index is 13.7. The van der Waals surface area contributed by atoms with Gasteiger partial charge in [-0.25, -0.2) is 4.39 Å². The van der Waals surface area contributed by atoms with Crippen molar-refractivity contribution in [2.75, 3.05) is 18.2 Å². The smallest absolute Gasteiger partial charge is 0.161 e. The van der Waals surface area contributed by atoms with Gasteiger partial charge in [-0.15, -0.1) is 0 Å². The summed E-state index contributed by atoms with van der Waals surface area (Å²) in [6, 6.07) is 4.89. The van der Waals surface area contributed by atoms with Crippen LogP contribution in [0.25, 0.3) is 0 Å². The van der Waals surface area contributed by atoms with Gasteiger partial charge in [-0.3, -0.25) is 4.99 Å². The lowest BCUT2D eigenvalue weighted by Crippen LogP contribution is -2.25.